The van der Waals surface area contributed by atoms with Crippen LogP contribution in [-0.4, -0.2) is 35.9 Å². The second-order valence-electron chi connectivity index (χ2n) is 6.86. The van der Waals surface area contributed by atoms with Crippen molar-refractivity contribution in [3.8, 4) is 5.75 Å². The summed E-state index contributed by atoms with van der Waals surface area (Å²) in [5.74, 6) is 0.201. The molecule has 0 saturated carbocycles. The number of fused-ring (bicyclic) bond motifs is 1. The van der Waals surface area contributed by atoms with Crippen LogP contribution in [0.1, 0.15) is 19.8 Å². The van der Waals surface area contributed by atoms with Crippen LogP contribution in [0.5, 0.6) is 5.75 Å². The molecule has 3 amide bonds. The van der Waals surface area contributed by atoms with Crippen molar-refractivity contribution in [2.75, 3.05) is 28.7 Å². The molecule has 0 radical (unpaired) electrons. The van der Waals surface area contributed by atoms with Crippen LogP contribution in [0.2, 0.25) is 0 Å². The molecule has 1 aliphatic rings. The lowest BCUT2D eigenvalue weighted by Gasteiger charge is -2.16. The average molecular weight is 424 g/mol. The van der Waals surface area contributed by atoms with E-state index in [1.54, 1.807) is 29.2 Å². The van der Waals surface area contributed by atoms with Gasteiger partial charge in [-0.15, -0.1) is 0 Å². The standard InChI is InChI=1S/C21H20N4O4S/c1-13(26)22-14-4-9-17-18(11-14)30-21(23-17)24-19(27)12-29-16-7-5-15(6-8-16)25-10-2-3-20(25)28/h4-9,11H,2-3,10,12H2,1H3,(H,22,26)(H,23,24,27). The number of anilines is 3. The molecular formula is C21H20N4O4S. The smallest absolute Gasteiger partial charge is 0.264 e. The molecule has 154 valence electrons. The first-order valence-electron chi connectivity index (χ1n) is 9.49. The number of hydrogen-bond donors (Lipinski definition) is 2. The lowest BCUT2D eigenvalue weighted by molar-refractivity contribution is -0.118. The molecule has 0 atom stereocenters. The Kier molecular flexibility index (Phi) is 5.62. The molecule has 9 heteroatoms. The summed E-state index contributed by atoms with van der Waals surface area (Å²) in [6.45, 7) is 2.02. The molecule has 0 bridgehead atoms. The minimum atomic E-state index is -0.324. The predicted molar refractivity (Wildman–Crippen MR) is 116 cm³/mol. The SMILES string of the molecule is CC(=O)Nc1ccc2nc(NC(=O)COc3ccc(N4CCCC4=O)cc3)sc2c1. The average Bonchev–Trinajstić information content (AvgIpc) is 3.31. The zero-order valence-electron chi connectivity index (χ0n) is 16.3. The number of aromatic nitrogens is 1. The van der Waals surface area contributed by atoms with Crippen molar-refractivity contribution in [1.29, 1.82) is 0 Å². The van der Waals surface area contributed by atoms with Gasteiger partial charge in [0.2, 0.25) is 11.8 Å². The van der Waals surface area contributed by atoms with Crippen molar-refractivity contribution in [2.45, 2.75) is 19.8 Å². The molecule has 1 fully saturated rings. The second kappa shape index (κ2) is 8.50. The van der Waals surface area contributed by atoms with Gasteiger partial charge in [-0.3, -0.25) is 19.7 Å². The highest BCUT2D eigenvalue weighted by Crippen LogP contribution is 2.28. The summed E-state index contributed by atoms with van der Waals surface area (Å²) in [7, 11) is 0. The largest absolute Gasteiger partial charge is 0.484 e. The van der Waals surface area contributed by atoms with Gasteiger partial charge in [-0.25, -0.2) is 4.98 Å². The van der Waals surface area contributed by atoms with E-state index in [0.717, 1.165) is 28.9 Å². The van der Waals surface area contributed by atoms with Gasteiger partial charge in [0.1, 0.15) is 5.75 Å². The summed E-state index contributed by atoms with van der Waals surface area (Å²) in [5, 5.41) is 5.91. The Morgan fingerprint density at radius 3 is 2.67 bits per heavy atom. The maximum Gasteiger partial charge on any atom is 0.264 e. The third-order valence-corrected chi connectivity index (χ3v) is 5.48. The zero-order chi connectivity index (χ0) is 21.1. The number of amides is 3. The summed E-state index contributed by atoms with van der Waals surface area (Å²) in [4.78, 5) is 41.3. The van der Waals surface area contributed by atoms with Crippen molar-refractivity contribution in [3.05, 3.63) is 42.5 Å². The van der Waals surface area contributed by atoms with Gasteiger partial charge in [0, 0.05) is 31.3 Å². The second-order valence-corrected chi connectivity index (χ2v) is 7.89. The summed E-state index contributed by atoms with van der Waals surface area (Å²) in [6, 6.07) is 12.5. The Morgan fingerprint density at radius 1 is 1.17 bits per heavy atom. The fraction of sp³-hybridized carbons (Fsp3) is 0.238. The van der Waals surface area contributed by atoms with E-state index in [4.69, 9.17) is 4.74 Å². The fourth-order valence-corrected chi connectivity index (χ4v) is 4.13. The van der Waals surface area contributed by atoms with Crippen LogP contribution < -0.4 is 20.3 Å². The zero-order valence-corrected chi connectivity index (χ0v) is 17.1. The van der Waals surface area contributed by atoms with Crippen molar-refractivity contribution in [3.63, 3.8) is 0 Å². The molecule has 4 rings (SSSR count). The first kappa shape index (κ1) is 19.8. The summed E-state index contributed by atoms with van der Waals surface area (Å²) < 4.78 is 6.39. The van der Waals surface area contributed by atoms with Gasteiger partial charge in [0.05, 0.1) is 10.2 Å². The van der Waals surface area contributed by atoms with Crippen LogP contribution in [0.4, 0.5) is 16.5 Å². The highest BCUT2D eigenvalue weighted by molar-refractivity contribution is 7.22. The van der Waals surface area contributed by atoms with E-state index in [0.29, 0.717) is 23.0 Å². The number of rotatable bonds is 6. The normalized spacial score (nSPS) is 13.5. The highest BCUT2D eigenvalue weighted by Gasteiger charge is 2.21. The Hall–Kier alpha value is -3.46. The van der Waals surface area contributed by atoms with Crippen LogP contribution in [0.25, 0.3) is 10.2 Å². The third-order valence-electron chi connectivity index (χ3n) is 4.55. The molecule has 1 aliphatic heterocycles. The third kappa shape index (κ3) is 4.57. The first-order valence-corrected chi connectivity index (χ1v) is 10.3. The van der Waals surface area contributed by atoms with Gasteiger partial charge in [0.25, 0.3) is 5.91 Å². The van der Waals surface area contributed by atoms with E-state index in [1.807, 2.05) is 18.2 Å². The molecular weight excluding hydrogens is 404 g/mol. The van der Waals surface area contributed by atoms with Gasteiger partial charge >= 0.3 is 0 Å². The van der Waals surface area contributed by atoms with E-state index < -0.39 is 0 Å². The van der Waals surface area contributed by atoms with Crippen LogP contribution in [0, 0.1) is 0 Å². The number of carbonyl (C=O) groups excluding carboxylic acids is 3. The Bertz CT molecular complexity index is 1110. The summed E-state index contributed by atoms with van der Waals surface area (Å²) in [6.07, 6.45) is 1.45. The van der Waals surface area contributed by atoms with E-state index in [2.05, 4.69) is 15.6 Å². The van der Waals surface area contributed by atoms with Crippen LogP contribution in [0.3, 0.4) is 0 Å². The Balaban J connectivity index is 1.33. The number of thiazole rings is 1. The molecule has 2 aromatic carbocycles. The molecule has 30 heavy (non-hydrogen) atoms. The lowest BCUT2D eigenvalue weighted by Crippen LogP contribution is -2.23. The topological polar surface area (TPSA) is 101 Å². The molecule has 2 N–H and O–H groups in total. The quantitative estimate of drug-likeness (QED) is 0.632. The van der Waals surface area contributed by atoms with E-state index in [9.17, 15) is 14.4 Å². The summed E-state index contributed by atoms with van der Waals surface area (Å²) >= 11 is 1.32. The van der Waals surface area contributed by atoms with Gasteiger partial charge in [-0.05, 0) is 48.9 Å². The molecule has 1 saturated heterocycles. The highest BCUT2D eigenvalue weighted by atomic mass is 32.1. The molecule has 3 aromatic rings. The first-order chi connectivity index (χ1) is 14.5. The molecule has 1 aromatic heterocycles. The molecule has 2 heterocycles. The van der Waals surface area contributed by atoms with Crippen molar-refractivity contribution >= 4 is 55.8 Å². The minimum absolute atomic E-state index is 0.128. The fourth-order valence-electron chi connectivity index (χ4n) is 3.21. The predicted octanol–water partition coefficient (Wildman–Crippen LogP) is 3.40. The molecule has 0 aliphatic carbocycles. The lowest BCUT2D eigenvalue weighted by atomic mass is 10.3. The summed E-state index contributed by atoms with van der Waals surface area (Å²) in [5.41, 5.74) is 2.25. The van der Waals surface area contributed by atoms with Crippen molar-refractivity contribution < 1.29 is 19.1 Å². The number of ether oxygens (including phenoxy) is 1. The van der Waals surface area contributed by atoms with E-state index in [1.165, 1.54) is 18.3 Å². The van der Waals surface area contributed by atoms with Gasteiger partial charge < -0.3 is 15.0 Å². The van der Waals surface area contributed by atoms with E-state index >= 15 is 0 Å². The molecule has 0 spiro atoms. The van der Waals surface area contributed by atoms with Crippen LogP contribution in [-0.2, 0) is 14.4 Å². The van der Waals surface area contributed by atoms with Gasteiger partial charge in [-0.1, -0.05) is 11.3 Å². The van der Waals surface area contributed by atoms with Gasteiger partial charge in [0.15, 0.2) is 11.7 Å². The minimum Gasteiger partial charge on any atom is -0.484 e. The number of carbonyl (C=O) groups is 3. The van der Waals surface area contributed by atoms with Crippen molar-refractivity contribution in [1.82, 2.24) is 4.98 Å². The number of nitrogens with one attached hydrogen (secondary N) is 2. The van der Waals surface area contributed by atoms with E-state index in [-0.39, 0.29) is 24.3 Å². The number of hydrogen-bond acceptors (Lipinski definition) is 6. The maximum absolute atomic E-state index is 12.2. The molecule has 8 nitrogen and oxygen atoms in total. The maximum atomic E-state index is 12.2. The number of nitrogens with zero attached hydrogens (tertiary/aromatic N) is 2. The monoisotopic (exact) mass is 424 g/mol. The Labute approximate surface area is 176 Å². The number of benzene rings is 2. The van der Waals surface area contributed by atoms with Crippen LogP contribution >= 0.6 is 11.3 Å². The van der Waals surface area contributed by atoms with Crippen molar-refractivity contribution in [2.24, 2.45) is 0 Å². The van der Waals surface area contributed by atoms with Crippen LogP contribution in [0.15, 0.2) is 42.5 Å². The molecule has 0 unspecified atom stereocenters. The Morgan fingerprint density at radius 2 is 1.97 bits per heavy atom. The van der Waals surface area contributed by atoms with Gasteiger partial charge in [-0.2, -0.15) is 0 Å².